The molecule has 116 valence electrons. The van der Waals surface area contributed by atoms with E-state index in [9.17, 15) is 18.3 Å². The number of aliphatic carboxylic acids is 1. The highest BCUT2D eigenvalue weighted by molar-refractivity contribution is 7.94. The van der Waals surface area contributed by atoms with Gasteiger partial charge in [-0.15, -0.1) is 11.3 Å². The minimum absolute atomic E-state index is 0.0592. The quantitative estimate of drug-likeness (QED) is 0.931. The SMILES string of the molecule is CCc1ccc(S(=O)(=O)N2C[C@@H](C(=O)O)c3ccccc32)s1. The van der Waals surface area contributed by atoms with E-state index in [0.717, 1.165) is 11.3 Å². The highest BCUT2D eigenvalue weighted by atomic mass is 32.2. The lowest BCUT2D eigenvalue weighted by molar-refractivity contribution is -0.138. The number of rotatable bonds is 4. The number of benzene rings is 1. The fourth-order valence-corrected chi connectivity index (χ4v) is 5.52. The van der Waals surface area contributed by atoms with Gasteiger partial charge in [-0.3, -0.25) is 9.10 Å². The summed E-state index contributed by atoms with van der Waals surface area (Å²) in [5.41, 5.74) is 1.01. The van der Waals surface area contributed by atoms with E-state index < -0.39 is 21.9 Å². The van der Waals surface area contributed by atoms with Crippen molar-refractivity contribution in [3.63, 3.8) is 0 Å². The first-order valence-electron chi connectivity index (χ1n) is 6.88. The normalized spacial score (nSPS) is 17.5. The number of sulfonamides is 1. The van der Waals surface area contributed by atoms with Crippen LogP contribution in [0, 0.1) is 0 Å². The lowest BCUT2D eigenvalue weighted by Gasteiger charge is -2.18. The molecule has 0 aliphatic carbocycles. The average Bonchev–Trinajstić information content (AvgIpc) is 3.12. The molecule has 0 bridgehead atoms. The summed E-state index contributed by atoms with van der Waals surface area (Å²) >= 11 is 1.23. The van der Waals surface area contributed by atoms with Crippen molar-refractivity contribution in [3.05, 3.63) is 46.8 Å². The summed E-state index contributed by atoms with van der Waals surface area (Å²) in [6, 6.07) is 10.2. The molecule has 1 aromatic heterocycles. The summed E-state index contributed by atoms with van der Waals surface area (Å²) in [5, 5.41) is 9.34. The van der Waals surface area contributed by atoms with Gasteiger partial charge in [-0.1, -0.05) is 25.1 Å². The standard InChI is InChI=1S/C15H15NO4S2/c1-2-10-7-8-14(21-10)22(19,20)16-9-12(15(17)18)11-5-3-4-6-13(11)16/h3-8,12H,2,9H2,1H3,(H,17,18)/t12-/m1/s1. The van der Waals surface area contributed by atoms with Gasteiger partial charge in [0.25, 0.3) is 10.0 Å². The number of carboxylic acids is 1. The van der Waals surface area contributed by atoms with Crippen LogP contribution in [-0.2, 0) is 21.2 Å². The van der Waals surface area contributed by atoms with E-state index in [0.29, 0.717) is 11.3 Å². The zero-order valence-corrected chi connectivity index (χ0v) is 13.5. The number of carbonyl (C=O) groups is 1. The molecule has 1 aromatic carbocycles. The second-order valence-corrected chi connectivity index (χ2v) is 8.32. The zero-order chi connectivity index (χ0) is 15.9. The molecule has 1 aliphatic heterocycles. The Hall–Kier alpha value is -1.86. The van der Waals surface area contributed by atoms with Gasteiger partial charge in [0.1, 0.15) is 10.1 Å². The molecule has 2 heterocycles. The number of nitrogens with zero attached hydrogens (tertiary/aromatic N) is 1. The molecule has 0 saturated heterocycles. The minimum atomic E-state index is -3.72. The summed E-state index contributed by atoms with van der Waals surface area (Å²) in [4.78, 5) is 12.4. The van der Waals surface area contributed by atoms with Crippen LogP contribution in [0.3, 0.4) is 0 Å². The fourth-order valence-electron chi connectivity index (χ4n) is 2.61. The number of thiophene rings is 1. The number of para-hydroxylation sites is 1. The average molecular weight is 337 g/mol. The Labute approximate surface area is 132 Å². The van der Waals surface area contributed by atoms with Gasteiger partial charge in [-0.25, -0.2) is 8.42 Å². The van der Waals surface area contributed by atoms with E-state index in [1.807, 2.05) is 6.92 Å². The van der Waals surface area contributed by atoms with Crippen LogP contribution in [0.1, 0.15) is 23.3 Å². The predicted molar refractivity (Wildman–Crippen MR) is 85.0 cm³/mol. The Morgan fingerprint density at radius 1 is 1.32 bits per heavy atom. The van der Waals surface area contributed by atoms with Crippen molar-refractivity contribution in [2.45, 2.75) is 23.5 Å². The Bertz CT molecular complexity index is 826. The fraction of sp³-hybridized carbons (Fsp3) is 0.267. The number of fused-ring (bicyclic) bond motifs is 1. The second kappa shape index (κ2) is 5.40. The maximum Gasteiger partial charge on any atom is 0.312 e. The monoisotopic (exact) mass is 337 g/mol. The molecule has 0 spiro atoms. The number of hydrogen-bond donors (Lipinski definition) is 1. The summed E-state index contributed by atoms with van der Waals surface area (Å²) in [6.45, 7) is 1.91. The van der Waals surface area contributed by atoms with E-state index in [-0.39, 0.29) is 10.8 Å². The van der Waals surface area contributed by atoms with Gasteiger partial charge in [0.15, 0.2) is 0 Å². The van der Waals surface area contributed by atoms with Gasteiger partial charge in [-0.05, 0) is 30.2 Å². The Morgan fingerprint density at radius 3 is 2.68 bits per heavy atom. The third-order valence-electron chi connectivity index (χ3n) is 3.76. The molecular formula is C15H15NO4S2. The topological polar surface area (TPSA) is 74.7 Å². The van der Waals surface area contributed by atoms with Crippen molar-refractivity contribution >= 4 is 33.0 Å². The summed E-state index contributed by atoms with van der Waals surface area (Å²) in [6.07, 6.45) is 0.772. The van der Waals surface area contributed by atoms with Crippen molar-refractivity contribution < 1.29 is 18.3 Å². The van der Waals surface area contributed by atoms with Crippen LogP contribution in [0.25, 0.3) is 0 Å². The molecule has 0 radical (unpaired) electrons. The molecule has 0 fully saturated rings. The largest absolute Gasteiger partial charge is 0.481 e. The molecule has 2 aromatic rings. The first-order valence-corrected chi connectivity index (χ1v) is 9.14. The Morgan fingerprint density at radius 2 is 2.05 bits per heavy atom. The highest BCUT2D eigenvalue weighted by Crippen LogP contribution is 2.40. The number of carboxylic acid groups (broad SMARTS) is 1. The summed E-state index contributed by atoms with van der Waals surface area (Å²) in [7, 11) is -3.72. The van der Waals surface area contributed by atoms with Crippen LogP contribution < -0.4 is 4.31 Å². The van der Waals surface area contributed by atoms with E-state index in [4.69, 9.17) is 0 Å². The predicted octanol–water partition coefficient (Wildman–Crippen LogP) is 2.69. The van der Waals surface area contributed by atoms with Gasteiger partial charge in [0.2, 0.25) is 0 Å². The van der Waals surface area contributed by atoms with Gasteiger partial charge in [-0.2, -0.15) is 0 Å². The molecular weight excluding hydrogens is 322 g/mol. The molecule has 0 saturated carbocycles. The Balaban J connectivity index is 2.07. The maximum absolute atomic E-state index is 12.8. The van der Waals surface area contributed by atoms with Crippen LogP contribution in [0.4, 0.5) is 5.69 Å². The second-order valence-electron chi connectivity index (χ2n) is 5.06. The number of anilines is 1. The van der Waals surface area contributed by atoms with Gasteiger partial charge in [0.05, 0.1) is 12.2 Å². The first kappa shape index (κ1) is 15.1. The molecule has 0 unspecified atom stereocenters. The van der Waals surface area contributed by atoms with Gasteiger partial charge in [0, 0.05) is 4.88 Å². The highest BCUT2D eigenvalue weighted by Gasteiger charge is 2.40. The van der Waals surface area contributed by atoms with Crippen LogP contribution in [0.2, 0.25) is 0 Å². The van der Waals surface area contributed by atoms with Gasteiger partial charge < -0.3 is 5.11 Å². The minimum Gasteiger partial charge on any atom is -0.481 e. The first-order chi connectivity index (χ1) is 10.4. The van der Waals surface area contributed by atoms with E-state index in [2.05, 4.69) is 0 Å². The molecule has 7 heteroatoms. The third-order valence-corrected chi connectivity index (χ3v) is 7.23. The van der Waals surface area contributed by atoms with Crippen molar-refractivity contribution in [1.82, 2.24) is 0 Å². The summed E-state index contributed by atoms with van der Waals surface area (Å²) < 4.78 is 27.1. The summed E-state index contributed by atoms with van der Waals surface area (Å²) in [5.74, 6) is -1.83. The van der Waals surface area contributed by atoms with Crippen molar-refractivity contribution in [2.24, 2.45) is 0 Å². The molecule has 1 atom stereocenters. The lowest BCUT2D eigenvalue weighted by atomic mass is 10.0. The molecule has 22 heavy (non-hydrogen) atoms. The van der Waals surface area contributed by atoms with Crippen molar-refractivity contribution in [2.75, 3.05) is 10.8 Å². The van der Waals surface area contributed by atoms with Crippen LogP contribution in [0.5, 0.6) is 0 Å². The maximum atomic E-state index is 12.8. The lowest BCUT2D eigenvalue weighted by Crippen LogP contribution is -2.30. The molecule has 1 aliphatic rings. The van der Waals surface area contributed by atoms with Crippen molar-refractivity contribution in [1.29, 1.82) is 0 Å². The van der Waals surface area contributed by atoms with Crippen LogP contribution in [-0.4, -0.2) is 26.0 Å². The van der Waals surface area contributed by atoms with E-state index >= 15 is 0 Å². The van der Waals surface area contributed by atoms with E-state index in [1.54, 1.807) is 36.4 Å². The van der Waals surface area contributed by atoms with Crippen LogP contribution >= 0.6 is 11.3 Å². The van der Waals surface area contributed by atoms with Gasteiger partial charge >= 0.3 is 5.97 Å². The molecule has 5 nitrogen and oxygen atoms in total. The molecule has 1 N–H and O–H groups in total. The smallest absolute Gasteiger partial charge is 0.312 e. The molecule has 0 amide bonds. The van der Waals surface area contributed by atoms with E-state index in [1.165, 1.54) is 15.6 Å². The Kier molecular flexibility index (Phi) is 3.70. The number of hydrogen-bond acceptors (Lipinski definition) is 4. The molecule has 3 rings (SSSR count). The third kappa shape index (κ3) is 2.30. The van der Waals surface area contributed by atoms with Crippen molar-refractivity contribution in [3.8, 4) is 0 Å². The number of aryl methyl sites for hydroxylation is 1. The van der Waals surface area contributed by atoms with Crippen LogP contribution in [0.15, 0.2) is 40.6 Å². The zero-order valence-electron chi connectivity index (χ0n) is 11.9.